The number of quaternary nitrogens is 1. The second kappa shape index (κ2) is 52.5. The number of esters is 2. The highest BCUT2D eigenvalue weighted by atomic mass is 31.2. The smallest absolute Gasteiger partial charge is 0.306 e. The average molecular weight is 1020 g/mol. The van der Waals surface area contributed by atoms with Crippen molar-refractivity contribution >= 4 is 19.8 Å². The summed E-state index contributed by atoms with van der Waals surface area (Å²) in [4.78, 5) is 37.9. The summed E-state index contributed by atoms with van der Waals surface area (Å²) in [5.74, 6) is -0.857. The molecule has 0 saturated heterocycles. The highest BCUT2D eigenvalue weighted by Crippen LogP contribution is 2.38. The molecule has 0 N–H and O–H groups in total. The fourth-order valence-electron chi connectivity index (χ4n) is 7.37. The molecule has 0 fully saturated rings. The topological polar surface area (TPSA) is 111 Å². The monoisotopic (exact) mass is 1020 g/mol. The Balaban J connectivity index is 4.24. The summed E-state index contributed by atoms with van der Waals surface area (Å²) in [6.45, 7) is 4.07. The van der Waals surface area contributed by atoms with Crippen molar-refractivity contribution in [2.24, 2.45) is 0 Å². The minimum atomic E-state index is -4.65. The van der Waals surface area contributed by atoms with Gasteiger partial charge >= 0.3 is 11.9 Å². The van der Waals surface area contributed by atoms with Gasteiger partial charge in [0.1, 0.15) is 19.8 Å². The zero-order valence-corrected chi connectivity index (χ0v) is 47.5. The molecule has 0 spiro atoms. The Labute approximate surface area is 442 Å². The number of rotatable bonds is 51. The molecule has 10 heteroatoms. The number of ether oxygens (including phenoxy) is 2. The van der Waals surface area contributed by atoms with Gasteiger partial charge in [0.2, 0.25) is 0 Å². The third kappa shape index (κ3) is 56.0. The Morgan fingerprint density at radius 2 is 0.792 bits per heavy atom. The van der Waals surface area contributed by atoms with Crippen molar-refractivity contribution in [3.63, 3.8) is 0 Å². The number of phosphoric ester groups is 1. The summed E-state index contributed by atoms with van der Waals surface area (Å²) >= 11 is 0. The first-order chi connectivity index (χ1) is 35.0. The van der Waals surface area contributed by atoms with Crippen LogP contribution in [-0.4, -0.2) is 70.0 Å². The molecule has 2 atom stereocenters. The molecule has 412 valence electrons. The lowest BCUT2D eigenvalue weighted by molar-refractivity contribution is -0.870. The van der Waals surface area contributed by atoms with E-state index in [9.17, 15) is 19.0 Å². The van der Waals surface area contributed by atoms with Crippen molar-refractivity contribution in [3.05, 3.63) is 109 Å². The van der Waals surface area contributed by atoms with Crippen molar-refractivity contribution in [1.82, 2.24) is 0 Å². The first-order valence-corrected chi connectivity index (χ1v) is 30.1. The maximum Gasteiger partial charge on any atom is 0.306 e. The molecule has 2 unspecified atom stereocenters. The summed E-state index contributed by atoms with van der Waals surface area (Å²) < 4.78 is 34.1. The number of carbonyl (C=O) groups excluding carboxylic acids is 2. The predicted octanol–water partition coefficient (Wildman–Crippen LogP) is 17.2. The molecule has 9 nitrogen and oxygen atoms in total. The van der Waals surface area contributed by atoms with Gasteiger partial charge in [0.25, 0.3) is 7.82 Å². The van der Waals surface area contributed by atoms with Gasteiger partial charge in [-0.25, -0.2) is 0 Å². The second-order valence-electron chi connectivity index (χ2n) is 19.9. The molecule has 0 aromatic rings. The minimum Gasteiger partial charge on any atom is -0.756 e. The van der Waals surface area contributed by atoms with Gasteiger partial charge in [0.05, 0.1) is 27.7 Å². The molecule has 0 rings (SSSR count). The Hall–Kier alpha value is -3.33. The number of allylic oxidation sites excluding steroid dienone is 18. The van der Waals surface area contributed by atoms with Crippen molar-refractivity contribution in [3.8, 4) is 0 Å². The van der Waals surface area contributed by atoms with Crippen LogP contribution in [-0.2, 0) is 32.7 Å². The summed E-state index contributed by atoms with van der Waals surface area (Å²) in [5, 5.41) is 0. The van der Waals surface area contributed by atoms with E-state index in [-0.39, 0.29) is 26.1 Å². The van der Waals surface area contributed by atoms with E-state index >= 15 is 0 Å². The van der Waals surface area contributed by atoms with Gasteiger partial charge in [0, 0.05) is 12.8 Å². The van der Waals surface area contributed by atoms with E-state index in [0.29, 0.717) is 17.4 Å². The molecule has 0 aliphatic carbocycles. The number of likely N-dealkylation sites (N-methyl/N-ethyl adjacent to an activating group) is 1. The standard InChI is InChI=1S/C62H106NO8P/c1-6-8-10-12-14-16-18-20-22-24-26-27-28-29-30-31-32-33-34-35-37-39-41-43-45-47-49-51-53-55-62(65)71-60(59-70-72(66,67)69-57-56-63(3,4)5)58-68-61(64)54-52-50-48-46-44-42-40-38-36-25-23-21-19-17-15-13-11-9-7-2/h8,10,14-17,20-23,26-27,29-30,32-33,35,37,60H,6-7,9,11-13,18-19,24-25,28,31,34,36,38-59H2,1-5H3/b10-8-,16-14-,17-15-,22-20-,23-21-,27-26-,30-29-,33-32-,37-35-. The Bertz CT molecular complexity index is 1580. The van der Waals surface area contributed by atoms with Crippen LogP contribution in [0.1, 0.15) is 219 Å². The first kappa shape index (κ1) is 68.7. The van der Waals surface area contributed by atoms with Crippen molar-refractivity contribution in [2.45, 2.75) is 225 Å². The summed E-state index contributed by atoms with van der Waals surface area (Å²) in [6, 6.07) is 0. The molecular weight excluding hydrogens is 918 g/mol. The molecule has 0 heterocycles. The number of unbranched alkanes of at least 4 members (excludes halogenated alkanes) is 19. The molecule has 72 heavy (non-hydrogen) atoms. The number of phosphoric acid groups is 1. The highest BCUT2D eigenvalue weighted by Gasteiger charge is 2.21. The van der Waals surface area contributed by atoms with Crippen molar-refractivity contribution < 1.29 is 42.1 Å². The maximum absolute atomic E-state index is 12.8. The number of carbonyl (C=O) groups is 2. The Kier molecular flexibility index (Phi) is 50.1. The average Bonchev–Trinajstić information content (AvgIpc) is 3.34. The Morgan fingerprint density at radius 3 is 1.18 bits per heavy atom. The van der Waals surface area contributed by atoms with E-state index in [1.807, 2.05) is 21.1 Å². The van der Waals surface area contributed by atoms with Gasteiger partial charge < -0.3 is 27.9 Å². The highest BCUT2D eigenvalue weighted by molar-refractivity contribution is 7.45. The minimum absolute atomic E-state index is 0.0396. The molecule has 0 saturated carbocycles. The van der Waals surface area contributed by atoms with E-state index in [1.165, 1.54) is 77.0 Å². The van der Waals surface area contributed by atoms with Gasteiger partial charge in [-0.2, -0.15) is 0 Å². The van der Waals surface area contributed by atoms with Crippen LogP contribution >= 0.6 is 7.82 Å². The van der Waals surface area contributed by atoms with Crippen LogP contribution < -0.4 is 4.89 Å². The van der Waals surface area contributed by atoms with Crippen LogP contribution in [0.25, 0.3) is 0 Å². The summed E-state index contributed by atoms with van der Waals surface area (Å²) in [5.41, 5.74) is 0. The second-order valence-corrected chi connectivity index (χ2v) is 21.3. The van der Waals surface area contributed by atoms with Gasteiger partial charge in [0.15, 0.2) is 6.10 Å². The van der Waals surface area contributed by atoms with Crippen molar-refractivity contribution in [1.29, 1.82) is 0 Å². The molecule has 0 radical (unpaired) electrons. The van der Waals surface area contributed by atoms with Gasteiger partial charge in [-0.3, -0.25) is 14.2 Å². The fourth-order valence-corrected chi connectivity index (χ4v) is 8.10. The predicted molar refractivity (Wildman–Crippen MR) is 305 cm³/mol. The van der Waals surface area contributed by atoms with Crippen LogP contribution in [0.4, 0.5) is 0 Å². The maximum atomic E-state index is 12.8. The molecule has 0 aromatic carbocycles. The normalized spacial score (nSPS) is 14.1. The van der Waals surface area contributed by atoms with E-state index in [2.05, 4.69) is 123 Å². The van der Waals surface area contributed by atoms with E-state index in [4.69, 9.17) is 18.5 Å². The van der Waals surface area contributed by atoms with Gasteiger partial charge in [-0.15, -0.1) is 0 Å². The quantitative estimate of drug-likeness (QED) is 0.0195. The third-order valence-corrected chi connectivity index (χ3v) is 12.7. The zero-order chi connectivity index (χ0) is 52.7. The number of nitrogens with zero attached hydrogens (tertiary/aromatic N) is 1. The van der Waals surface area contributed by atoms with E-state index in [0.717, 1.165) is 109 Å². The van der Waals surface area contributed by atoms with Crippen LogP contribution in [0, 0.1) is 0 Å². The molecular formula is C62H106NO8P. The fraction of sp³-hybridized carbons (Fsp3) is 0.677. The number of hydrogen-bond donors (Lipinski definition) is 0. The van der Waals surface area contributed by atoms with Crippen molar-refractivity contribution in [2.75, 3.05) is 47.5 Å². The van der Waals surface area contributed by atoms with Crippen LogP contribution in [0.2, 0.25) is 0 Å². The molecule has 0 aromatic heterocycles. The van der Waals surface area contributed by atoms with E-state index in [1.54, 1.807) is 0 Å². The lowest BCUT2D eigenvalue weighted by Crippen LogP contribution is -2.37. The lowest BCUT2D eigenvalue weighted by Gasteiger charge is -2.28. The van der Waals surface area contributed by atoms with Crippen LogP contribution in [0.5, 0.6) is 0 Å². The molecule has 0 bridgehead atoms. The van der Waals surface area contributed by atoms with Crippen LogP contribution in [0.3, 0.4) is 0 Å². The molecule has 0 amide bonds. The molecule has 0 aliphatic rings. The first-order valence-electron chi connectivity index (χ1n) is 28.6. The summed E-state index contributed by atoms with van der Waals surface area (Å²) in [7, 11) is 1.14. The van der Waals surface area contributed by atoms with Gasteiger partial charge in [-0.1, -0.05) is 213 Å². The summed E-state index contributed by atoms with van der Waals surface area (Å²) in [6.07, 6.45) is 72.6. The number of hydrogen-bond acceptors (Lipinski definition) is 8. The SMILES string of the molecule is CC/C=C\C/C=C\C/C=C\C/C=C\C/C=C\C/C=C\C/C=C\CCCCCCCCCC(=O)OC(COC(=O)CCCCCCCCCCC/C=C\C/C=C\CCCCC)COP(=O)([O-])OCC[N+](C)(C)C. The van der Waals surface area contributed by atoms with E-state index < -0.39 is 32.5 Å². The third-order valence-electron chi connectivity index (χ3n) is 11.8. The largest absolute Gasteiger partial charge is 0.756 e. The Morgan fingerprint density at radius 1 is 0.444 bits per heavy atom. The van der Waals surface area contributed by atoms with Crippen LogP contribution in [0.15, 0.2) is 109 Å². The molecule has 0 aliphatic heterocycles. The zero-order valence-electron chi connectivity index (χ0n) is 46.6. The van der Waals surface area contributed by atoms with Gasteiger partial charge in [-0.05, 0) is 103 Å². The lowest BCUT2D eigenvalue weighted by atomic mass is 10.1.